The van der Waals surface area contributed by atoms with Crippen molar-refractivity contribution in [3.05, 3.63) is 28.8 Å². The average Bonchev–Trinajstić information content (AvgIpc) is 2.44. The van der Waals surface area contributed by atoms with Gasteiger partial charge in [0.25, 0.3) is 0 Å². The summed E-state index contributed by atoms with van der Waals surface area (Å²) in [5.41, 5.74) is 1.16. The predicted molar refractivity (Wildman–Crippen MR) is 85.6 cm³/mol. The molecule has 0 fully saturated rings. The zero-order valence-corrected chi connectivity index (χ0v) is 13.8. The first kappa shape index (κ1) is 15.7. The van der Waals surface area contributed by atoms with Gasteiger partial charge in [0.1, 0.15) is 11.4 Å². The maximum absolute atomic E-state index is 6.31. The summed E-state index contributed by atoms with van der Waals surface area (Å²) in [7, 11) is 0. The molecule has 0 aliphatic carbocycles. The topological polar surface area (TPSA) is 21.3 Å². The molecular weight excluding hydrogens is 270 g/mol. The Balaban J connectivity index is 2.31. The molecule has 1 heterocycles. The minimum atomic E-state index is -0.0462. The van der Waals surface area contributed by atoms with E-state index >= 15 is 0 Å². The summed E-state index contributed by atoms with van der Waals surface area (Å²) in [6.45, 7) is 9.91. The van der Waals surface area contributed by atoms with E-state index in [1.54, 1.807) is 0 Å². The highest BCUT2D eigenvalue weighted by atomic mass is 35.5. The second-order valence-corrected chi connectivity index (χ2v) is 6.67. The lowest BCUT2D eigenvalue weighted by atomic mass is 9.83. The highest BCUT2D eigenvalue weighted by Crippen LogP contribution is 2.43. The molecule has 0 spiro atoms. The molecule has 1 aliphatic rings. The van der Waals surface area contributed by atoms with Gasteiger partial charge in [0.2, 0.25) is 0 Å². The summed E-state index contributed by atoms with van der Waals surface area (Å²) < 4.78 is 6.31. The molecule has 1 aliphatic heterocycles. The van der Waals surface area contributed by atoms with Crippen molar-refractivity contribution < 1.29 is 4.74 Å². The summed E-state index contributed by atoms with van der Waals surface area (Å²) in [5.74, 6) is 1.63. The van der Waals surface area contributed by atoms with Crippen molar-refractivity contribution in [2.45, 2.75) is 58.6 Å². The normalized spacial score (nSPS) is 20.6. The van der Waals surface area contributed by atoms with Crippen LogP contribution < -0.4 is 10.1 Å². The third-order valence-electron chi connectivity index (χ3n) is 4.31. The highest BCUT2D eigenvalue weighted by molar-refractivity contribution is 6.30. The predicted octanol–water partition coefficient (Wildman–Crippen LogP) is 4.97. The van der Waals surface area contributed by atoms with Gasteiger partial charge in [0.15, 0.2) is 0 Å². The second kappa shape index (κ2) is 6.36. The highest BCUT2D eigenvalue weighted by Gasteiger charge is 2.38. The summed E-state index contributed by atoms with van der Waals surface area (Å²) >= 11 is 6.16. The molecule has 0 saturated heterocycles. The molecule has 2 rings (SSSR count). The molecule has 2 nitrogen and oxygen atoms in total. The van der Waals surface area contributed by atoms with Crippen molar-refractivity contribution in [2.75, 3.05) is 6.54 Å². The van der Waals surface area contributed by atoms with Gasteiger partial charge in [-0.05, 0) is 43.5 Å². The number of benzene rings is 1. The Bertz CT molecular complexity index is 454. The number of hydrogen-bond acceptors (Lipinski definition) is 2. The summed E-state index contributed by atoms with van der Waals surface area (Å²) in [5, 5.41) is 4.47. The molecule has 0 saturated carbocycles. The SMILES string of the molecule is CCC1(CC)CC(NCC(C)C)c2cc(Cl)ccc2O1. The first-order valence-corrected chi connectivity index (χ1v) is 8.09. The summed E-state index contributed by atoms with van der Waals surface area (Å²) in [4.78, 5) is 0. The Labute approximate surface area is 127 Å². The van der Waals surface area contributed by atoms with Crippen LogP contribution in [-0.4, -0.2) is 12.1 Å². The number of fused-ring (bicyclic) bond motifs is 1. The van der Waals surface area contributed by atoms with Crippen molar-refractivity contribution in [3.8, 4) is 5.75 Å². The van der Waals surface area contributed by atoms with E-state index in [4.69, 9.17) is 16.3 Å². The van der Waals surface area contributed by atoms with E-state index in [1.807, 2.05) is 18.2 Å². The first-order chi connectivity index (χ1) is 9.49. The van der Waals surface area contributed by atoms with Crippen LogP contribution in [0.2, 0.25) is 5.02 Å². The summed E-state index contributed by atoms with van der Waals surface area (Å²) in [6, 6.07) is 6.31. The van der Waals surface area contributed by atoms with Crippen LogP contribution in [0, 0.1) is 5.92 Å². The Morgan fingerprint density at radius 3 is 2.65 bits per heavy atom. The maximum atomic E-state index is 6.31. The fraction of sp³-hybridized carbons (Fsp3) is 0.647. The van der Waals surface area contributed by atoms with Gasteiger partial charge in [-0.1, -0.05) is 39.3 Å². The van der Waals surface area contributed by atoms with E-state index in [2.05, 4.69) is 33.0 Å². The minimum Gasteiger partial charge on any atom is -0.487 e. The number of ether oxygens (including phenoxy) is 1. The average molecular weight is 296 g/mol. The molecule has 1 unspecified atom stereocenters. The van der Waals surface area contributed by atoms with Crippen LogP contribution in [0.4, 0.5) is 0 Å². The van der Waals surface area contributed by atoms with Crippen LogP contribution in [0.25, 0.3) is 0 Å². The molecule has 1 aromatic carbocycles. The first-order valence-electron chi connectivity index (χ1n) is 7.71. The van der Waals surface area contributed by atoms with Crippen molar-refractivity contribution in [1.29, 1.82) is 0 Å². The van der Waals surface area contributed by atoms with Crippen LogP contribution in [-0.2, 0) is 0 Å². The molecule has 0 bridgehead atoms. The third-order valence-corrected chi connectivity index (χ3v) is 4.55. The minimum absolute atomic E-state index is 0.0462. The Morgan fingerprint density at radius 2 is 2.05 bits per heavy atom. The molecule has 1 atom stereocenters. The Hall–Kier alpha value is -0.730. The molecule has 3 heteroatoms. The van der Waals surface area contributed by atoms with Crippen molar-refractivity contribution in [3.63, 3.8) is 0 Å². The fourth-order valence-corrected chi connectivity index (χ4v) is 3.07. The van der Waals surface area contributed by atoms with E-state index in [9.17, 15) is 0 Å². The van der Waals surface area contributed by atoms with Gasteiger partial charge >= 0.3 is 0 Å². The zero-order valence-electron chi connectivity index (χ0n) is 13.0. The van der Waals surface area contributed by atoms with Gasteiger partial charge in [-0.2, -0.15) is 0 Å². The second-order valence-electron chi connectivity index (χ2n) is 6.23. The van der Waals surface area contributed by atoms with Gasteiger partial charge in [0.05, 0.1) is 0 Å². The fourth-order valence-electron chi connectivity index (χ4n) is 2.88. The lowest BCUT2D eigenvalue weighted by Gasteiger charge is -2.42. The van der Waals surface area contributed by atoms with Gasteiger partial charge in [-0.25, -0.2) is 0 Å². The molecule has 20 heavy (non-hydrogen) atoms. The Morgan fingerprint density at radius 1 is 1.35 bits per heavy atom. The number of rotatable bonds is 5. The molecular formula is C17H26ClNO. The lowest BCUT2D eigenvalue weighted by molar-refractivity contribution is 0.0224. The third kappa shape index (κ3) is 3.29. The summed E-state index contributed by atoms with van der Waals surface area (Å²) in [6.07, 6.45) is 3.08. The molecule has 0 amide bonds. The van der Waals surface area contributed by atoms with E-state index in [0.29, 0.717) is 12.0 Å². The van der Waals surface area contributed by atoms with Crippen LogP contribution in [0.5, 0.6) is 5.75 Å². The molecule has 1 aromatic rings. The van der Waals surface area contributed by atoms with E-state index in [0.717, 1.165) is 36.6 Å². The maximum Gasteiger partial charge on any atom is 0.125 e. The van der Waals surface area contributed by atoms with Gasteiger partial charge in [0, 0.05) is 23.0 Å². The van der Waals surface area contributed by atoms with Gasteiger partial charge in [-0.15, -0.1) is 0 Å². The zero-order chi connectivity index (χ0) is 14.8. The monoisotopic (exact) mass is 295 g/mol. The number of nitrogens with one attached hydrogen (secondary N) is 1. The standard InChI is InChI=1S/C17H26ClNO/c1-5-17(6-2)10-15(19-11-12(3)4)14-9-13(18)7-8-16(14)20-17/h7-9,12,15,19H,5-6,10-11H2,1-4H3. The number of halogens is 1. The van der Waals surface area contributed by atoms with Crippen LogP contribution in [0.3, 0.4) is 0 Å². The smallest absolute Gasteiger partial charge is 0.125 e. The van der Waals surface area contributed by atoms with E-state index in [1.165, 1.54) is 5.56 Å². The van der Waals surface area contributed by atoms with Gasteiger partial charge < -0.3 is 10.1 Å². The van der Waals surface area contributed by atoms with Crippen LogP contribution in [0.1, 0.15) is 58.6 Å². The number of hydrogen-bond donors (Lipinski definition) is 1. The van der Waals surface area contributed by atoms with E-state index in [-0.39, 0.29) is 5.60 Å². The van der Waals surface area contributed by atoms with Crippen molar-refractivity contribution in [2.24, 2.45) is 5.92 Å². The van der Waals surface area contributed by atoms with Crippen molar-refractivity contribution >= 4 is 11.6 Å². The largest absolute Gasteiger partial charge is 0.487 e. The molecule has 0 radical (unpaired) electrons. The Kier molecular flexibility index (Phi) is 4.98. The van der Waals surface area contributed by atoms with Gasteiger partial charge in [-0.3, -0.25) is 0 Å². The van der Waals surface area contributed by atoms with Crippen LogP contribution >= 0.6 is 11.6 Å². The molecule has 1 N–H and O–H groups in total. The van der Waals surface area contributed by atoms with E-state index < -0.39 is 0 Å². The molecule has 112 valence electrons. The quantitative estimate of drug-likeness (QED) is 0.828. The van der Waals surface area contributed by atoms with Crippen LogP contribution in [0.15, 0.2) is 18.2 Å². The molecule has 0 aromatic heterocycles. The van der Waals surface area contributed by atoms with Crippen molar-refractivity contribution in [1.82, 2.24) is 5.32 Å². The lowest BCUT2D eigenvalue weighted by Crippen LogP contribution is -2.43.